The summed E-state index contributed by atoms with van der Waals surface area (Å²) in [4.78, 5) is 14.6. The fourth-order valence-corrected chi connectivity index (χ4v) is 6.93. The van der Waals surface area contributed by atoms with Crippen LogP contribution in [0.25, 0.3) is 28.2 Å². The second kappa shape index (κ2) is 12.9. The van der Waals surface area contributed by atoms with Crippen molar-refractivity contribution in [2.45, 2.75) is 19.4 Å². The van der Waals surface area contributed by atoms with Crippen molar-refractivity contribution in [1.29, 1.82) is 0 Å². The Morgan fingerprint density at radius 3 is 1.71 bits per heavy atom. The van der Waals surface area contributed by atoms with Crippen LogP contribution in [0.1, 0.15) is 36.1 Å². The van der Waals surface area contributed by atoms with Crippen LogP contribution in [0.4, 0.5) is 0 Å². The molecule has 0 saturated carbocycles. The SMILES string of the molecule is CC[N+]1(C)N=C(C)C(C(=O)OC)=C1c1ccc(-c2ccccc2-c2nnn(C(c3ccccc3)(c3ccccc3)c3ccccc3)n2)cc1. The van der Waals surface area contributed by atoms with Crippen LogP contribution in [-0.2, 0) is 15.1 Å². The highest BCUT2D eigenvalue weighted by Crippen LogP contribution is 2.41. The Kier molecular flexibility index (Phi) is 8.32. The predicted octanol–water partition coefficient (Wildman–Crippen LogP) is 7.59. The van der Waals surface area contributed by atoms with Crippen LogP contribution in [0.3, 0.4) is 0 Å². The maximum atomic E-state index is 12.9. The molecule has 242 valence electrons. The number of carbonyl (C=O) groups excluding carboxylic acids is 1. The monoisotopic (exact) mass is 645 g/mol. The van der Waals surface area contributed by atoms with Gasteiger partial charge in [-0.1, -0.05) is 132 Å². The molecular formula is C41H37N6O2+. The number of benzene rings is 5. The van der Waals surface area contributed by atoms with Crippen molar-refractivity contribution in [3.63, 3.8) is 0 Å². The summed E-state index contributed by atoms with van der Waals surface area (Å²) in [7, 11) is 3.41. The zero-order valence-electron chi connectivity index (χ0n) is 28.0. The molecule has 6 aromatic rings. The molecule has 0 bridgehead atoms. The van der Waals surface area contributed by atoms with E-state index >= 15 is 0 Å². The van der Waals surface area contributed by atoms with Crippen LogP contribution in [0, 0.1) is 0 Å². The molecule has 1 atom stereocenters. The van der Waals surface area contributed by atoms with E-state index in [2.05, 4.69) is 61.5 Å². The topological polar surface area (TPSA) is 82.3 Å². The third-order valence-electron chi connectivity index (χ3n) is 9.38. The van der Waals surface area contributed by atoms with Crippen molar-refractivity contribution in [3.05, 3.63) is 167 Å². The number of esters is 1. The summed E-state index contributed by atoms with van der Waals surface area (Å²) in [5.41, 5.74) is 7.91. The van der Waals surface area contributed by atoms with Gasteiger partial charge in [0, 0.05) is 11.1 Å². The van der Waals surface area contributed by atoms with Crippen LogP contribution in [-0.4, -0.2) is 57.2 Å². The lowest BCUT2D eigenvalue weighted by Gasteiger charge is -2.34. The average molecular weight is 646 g/mol. The largest absolute Gasteiger partial charge is 0.465 e. The van der Waals surface area contributed by atoms with Gasteiger partial charge in [-0.2, -0.15) is 4.59 Å². The number of methoxy groups -OCH3 is 1. The number of aromatic nitrogens is 4. The van der Waals surface area contributed by atoms with Crippen molar-refractivity contribution in [2.75, 3.05) is 20.7 Å². The van der Waals surface area contributed by atoms with Crippen molar-refractivity contribution in [1.82, 2.24) is 20.2 Å². The maximum absolute atomic E-state index is 12.9. The molecule has 0 amide bonds. The Morgan fingerprint density at radius 2 is 1.20 bits per heavy atom. The number of hydrogen-bond acceptors (Lipinski definition) is 6. The Labute approximate surface area is 286 Å². The second-order valence-electron chi connectivity index (χ2n) is 12.2. The molecule has 1 aliphatic rings. The van der Waals surface area contributed by atoms with Crippen molar-refractivity contribution in [2.24, 2.45) is 5.10 Å². The highest BCUT2D eigenvalue weighted by atomic mass is 16.5. The standard InChI is InChI=1S/C41H37N6O2/c1-5-47(3)38(37(29(2)44-47)40(48)49-4)31-27-25-30(26-28-31)35-23-15-16-24-36(35)39-42-45-46(43-39)41(32-17-9-6-10-18-32,33-19-11-7-12-20-33)34-21-13-8-14-22-34/h6-28H,5H2,1-4H3/q+1. The van der Waals surface area contributed by atoms with Crippen molar-refractivity contribution >= 4 is 17.4 Å². The molecule has 8 nitrogen and oxygen atoms in total. The molecule has 1 aliphatic heterocycles. The van der Waals surface area contributed by atoms with Gasteiger partial charge in [-0.15, -0.1) is 15.0 Å². The summed E-state index contributed by atoms with van der Waals surface area (Å²) in [5.74, 6) is 0.130. The summed E-state index contributed by atoms with van der Waals surface area (Å²) in [5, 5.41) is 19.4. The van der Waals surface area contributed by atoms with Gasteiger partial charge in [-0.05, 0) is 59.0 Å². The van der Waals surface area contributed by atoms with E-state index in [-0.39, 0.29) is 10.6 Å². The lowest BCUT2D eigenvalue weighted by atomic mass is 9.77. The molecule has 8 heteroatoms. The molecule has 5 aromatic carbocycles. The summed E-state index contributed by atoms with van der Waals surface area (Å²) >= 11 is 0. The zero-order valence-corrected chi connectivity index (χ0v) is 28.0. The third kappa shape index (κ3) is 5.36. The number of tetrazole rings is 1. The Morgan fingerprint density at radius 1 is 0.714 bits per heavy atom. The quantitative estimate of drug-likeness (QED) is 0.0920. The number of ether oxygens (including phenoxy) is 1. The maximum Gasteiger partial charge on any atom is 0.346 e. The summed E-state index contributed by atoms with van der Waals surface area (Å²) < 4.78 is 5.42. The summed E-state index contributed by atoms with van der Waals surface area (Å²) in [6, 6.07) is 47.2. The minimum Gasteiger partial charge on any atom is -0.465 e. The van der Waals surface area contributed by atoms with E-state index < -0.39 is 5.54 Å². The van der Waals surface area contributed by atoms with E-state index in [1.165, 1.54) is 7.11 Å². The smallest absolute Gasteiger partial charge is 0.346 e. The zero-order chi connectivity index (χ0) is 34.0. The summed E-state index contributed by atoms with van der Waals surface area (Å²) in [6.07, 6.45) is 0. The molecule has 2 heterocycles. The molecule has 1 unspecified atom stereocenters. The van der Waals surface area contributed by atoms with Gasteiger partial charge in [0.1, 0.15) is 17.8 Å². The Hall–Kier alpha value is -5.99. The van der Waals surface area contributed by atoms with Crippen LogP contribution < -0.4 is 0 Å². The van der Waals surface area contributed by atoms with Crippen molar-refractivity contribution < 1.29 is 14.1 Å². The van der Waals surface area contributed by atoms with Gasteiger partial charge in [0.15, 0.2) is 11.2 Å². The normalized spacial score (nSPS) is 16.0. The Balaban J connectivity index is 1.34. The van der Waals surface area contributed by atoms with Crippen LogP contribution in [0.2, 0.25) is 0 Å². The van der Waals surface area contributed by atoms with E-state index in [1.54, 1.807) is 4.80 Å². The molecule has 1 aromatic heterocycles. The van der Waals surface area contributed by atoms with Gasteiger partial charge in [-0.3, -0.25) is 0 Å². The van der Waals surface area contributed by atoms with Crippen LogP contribution in [0.15, 0.2) is 150 Å². The fourth-order valence-electron chi connectivity index (χ4n) is 6.93. The molecule has 0 saturated heterocycles. The first-order chi connectivity index (χ1) is 23.9. The first kappa shape index (κ1) is 31.6. The summed E-state index contributed by atoms with van der Waals surface area (Å²) in [6.45, 7) is 4.61. The highest BCUT2D eigenvalue weighted by Gasteiger charge is 2.43. The van der Waals surface area contributed by atoms with E-state index in [9.17, 15) is 4.79 Å². The van der Waals surface area contributed by atoms with Crippen molar-refractivity contribution in [3.8, 4) is 22.5 Å². The molecule has 7 rings (SSSR count). The van der Waals surface area contributed by atoms with Gasteiger partial charge >= 0.3 is 5.97 Å². The number of hydrogen-bond donors (Lipinski definition) is 0. The molecule has 0 radical (unpaired) electrons. The Bertz CT molecular complexity index is 2080. The van der Waals surface area contributed by atoms with Gasteiger partial charge in [0.2, 0.25) is 5.82 Å². The molecule has 0 fully saturated rings. The number of quaternary nitrogens is 1. The fraction of sp³-hybridized carbons (Fsp3) is 0.146. The van der Waals surface area contributed by atoms with E-state index in [0.717, 1.165) is 44.6 Å². The lowest BCUT2D eigenvalue weighted by Crippen LogP contribution is -2.39. The minimum atomic E-state index is -0.873. The van der Waals surface area contributed by atoms with Gasteiger partial charge in [0.25, 0.3) is 0 Å². The third-order valence-corrected chi connectivity index (χ3v) is 9.38. The average Bonchev–Trinajstić information content (AvgIpc) is 3.76. The molecule has 0 aliphatic carbocycles. The van der Waals surface area contributed by atoms with Gasteiger partial charge < -0.3 is 4.74 Å². The van der Waals surface area contributed by atoms with Gasteiger partial charge in [0.05, 0.1) is 14.2 Å². The van der Waals surface area contributed by atoms with E-state index in [4.69, 9.17) is 25.2 Å². The minimum absolute atomic E-state index is 0.269. The number of nitrogens with zero attached hydrogens (tertiary/aromatic N) is 6. The number of carbonyl (C=O) groups is 1. The second-order valence-corrected chi connectivity index (χ2v) is 12.2. The van der Waals surface area contributed by atoms with E-state index in [1.807, 2.05) is 98.9 Å². The molecule has 0 N–H and O–H groups in total. The van der Waals surface area contributed by atoms with Crippen LogP contribution in [0.5, 0.6) is 0 Å². The first-order valence-electron chi connectivity index (χ1n) is 16.3. The number of rotatable bonds is 9. The van der Waals surface area contributed by atoms with Crippen LogP contribution >= 0.6 is 0 Å². The first-order valence-corrected chi connectivity index (χ1v) is 16.3. The lowest BCUT2D eigenvalue weighted by molar-refractivity contribution is -0.842. The molecule has 0 spiro atoms. The predicted molar refractivity (Wildman–Crippen MR) is 192 cm³/mol. The highest BCUT2D eigenvalue weighted by molar-refractivity contribution is 6.24. The molecule has 49 heavy (non-hydrogen) atoms. The molecular weight excluding hydrogens is 608 g/mol. The van der Waals surface area contributed by atoms with E-state index in [0.29, 0.717) is 23.7 Å². The van der Waals surface area contributed by atoms with Gasteiger partial charge in [-0.25, -0.2) is 4.79 Å².